The van der Waals surface area contributed by atoms with Gasteiger partial charge in [0.2, 0.25) is 0 Å². The molecular formula is C6H5Cl2OP. The summed E-state index contributed by atoms with van der Waals surface area (Å²) in [5, 5.41) is 0. The molecule has 0 aliphatic heterocycles. The number of rotatable bonds is 2. The van der Waals surface area contributed by atoms with Crippen LogP contribution in [-0.4, -0.2) is 0 Å². The van der Waals surface area contributed by atoms with Crippen LogP contribution >= 0.6 is 29.3 Å². The van der Waals surface area contributed by atoms with E-state index in [0.717, 1.165) is 0 Å². The van der Waals surface area contributed by atoms with E-state index >= 15 is 0 Å². The van der Waals surface area contributed by atoms with Gasteiger partial charge in [-0.15, -0.1) is 0 Å². The lowest BCUT2D eigenvalue weighted by Gasteiger charge is -2.02. The van der Waals surface area contributed by atoms with Crippen molar-refractivity contribution in [1.82, 2.24) is 0 Å². The lowest BCUT2D eigenvalue weighted by Crippen LogP contribution is -1.75. The Hall–Kier alpha value is 0.0300. The molecule has 0 aromatic heterocycles. The Balaban J connectivity index is 2.59. The molecule has 0 spiro atoms. The summed E-state index contributed by atoms with van der Waals surface area (Å²) in [6, 6.07) is 9.24. The molecule has 0 heterocycles. The molecule has 0 N–H and O–H groups in total. The third-order valence-corrected chi connectivity index (χ3v) is 1.68. The molecule has 4 heteroatoms. The van der Waals surface area contributed by atoms with Crippen LogP contribution in [0.5, 0.6) is 5.75 Å². The fourth-order valence-corrected chi connectivity index (χ4v) is 1.32. The van der Waals surface area contributed by atoms with Gasteiger partial charge in [0.05, 0.1) is 0 Å². The van der Waals surface area contributed by atoms with Crippen molar-refractivity contribution in [3.63, 3.8) is 0 Å². The SMILES string of the molecule is ClP(Cl)Oc1ccccc1. The van der Waals surface area contributed by atoms with Gasteiger partial charge in [-0.3, -0.25) is 0 Å². The quantitative estimate of drug-likeness (QED) is 0.652. The topological polar surface area (TPSA) is 9.23 Å². The molecule has 0 saturated carbocycles. The second-order valence-corrected chi connectivity index (χ2v) is 4.55. The summed E-state index contributed by atoms with van der Waals surface area (Å²) >= 11 is 10.8. The molecule has 0 fully saturated rings. The van der Waals surface area contributed by atoms with Crippen LogP contribution < -0.4 is 4.52 Å². The van der Waals surface area contributed by atoms with E-state index in [4.69, 9.17) is 27.0 Å². The van der Waals surface area contributed by atoms with Crippen LogP contribution in [-0.2, 0) is 0 Å². The Labute approximate surface area is 70.3 Å². The number of halogens is 2. The predicted octanol–water partition coefficient (Wildman–Crippen LogP) is 3.77. The summed E-state index contributed by atoms with van der Waals surface area (Å²) in [6.45, 7) is -1.33. The van der Waals surface area contributed by atoms with Crippen molar-refractivity contribution >= 4 is 29.3 Å². The number of hydrogen-bond donors (Lipinski definition) is 0. The molecule has 0 radical (unpaired) electrons. The first-order valence-corrected chi connectivity index (χ1v) is 5.71. The second-order valence-electron chi connectivity index (χ2n) is 1.61. The summed E-state index contributed by atoms with van der Waals surface area (Å²) in [5.41, 5.74) is 0. The largest absolute Gasteiger partial charge is 0.445 e. The van der Waals surface area contributed by atoms with Crippen LogP contribution in [0.1, 0.15) is 0 Å². The van der Waals surface area contributed by atoms with E-state index in [1.807, 2.05) is 18.2 Å². The van der Waals surface area contributed by atoms with Gasteiger partial charge in [-0.2, -0.15) is 0 Å². The first-order chi connectivity index (χ1) is 4.79. The van der Waals surface area contributed by atoms with Crippen LogP contribution in [0.4, 0.5) is 0 Å². The van der Waals surface area contributed by atoms with Gasteiger partial charge in [0, 0.05) is 0 Å². The fourth-order valence-electron chi connectivity index (χ4n) is 0.561. The molecular weight excluding hydrogens is 190 g/mol. The first-order valence-electron chi connectivity index (χ1n) is 2.64. The van der Waals surface area contributed by atoms with Gasteiger partial charge in [0.25, 0.3) is 6.85 Å². The molecule has 1 nitrogen and oxygen atoms in total. The van der Waals surface area contributed by atoms with Crippen molar-refractivity contribution in [2.75, 3.05) is 0 Å². The zero-order valence-corrected chi connectivity index (χ0v) is 7.40. The predicted molar refractivity (Wildman–Crippen MR) is 45.7 cm³/mol. The molecule has 1 aromatic carbocycles. The van der Waals surface area contributed by atoms with Crippen molar-refractivity contribution in [3.8, 4) is 5.75 Å². The van der Waals surface area contributed by atoms with Crippen LogP contribution in [0.3, 0.4) is 0 Å². The minimum atomic E-state index is -1.33. The Morgan fingerprint density at radius 2 is 1.70 bits per heavy atom. The number of benzene rings is 1. The Morgan fingerprint density at radius 1 is 1.10 bits per heavy atom. The zero-order chi connectivity index (χ0) is 7.40. The minimum Gasteiger partial charge on any atom is -0.445 e. The lowest BCUT2D eigenvalue weighted by molar-refractivity contribution is 0.638. The third kappa shape index (κ3) is 2.74. The van der Waals surface area contributed by atoms with Crippen molar-refractivity contribution in [2.45, 2.75) is 0 Å². The highest BCUT2D eigenvalue weighted by molar-refractivity contribution is 8.00. The van der Waals surface area contributed by atoms with Crippen LogP contribution in [0, 0.1) is 0 Å². The van der Waals surface area contributed by atoms with Gasteiger partial charge in [-0.25, -0.2) is 0 Å². The lowest BCUT2D eigenvalue weighted by atomic mass is 10.3. The number of hydrogen-bond acceptors (Lipinski definition) is 1. The smallest absolute Gasteiger partial charge is 0.284 e. The normalized spacial score (nSPS) is 9.90. The van der Waals surface area contributed by atoms with Crippen molar-refractivity contribution in [3.05, 3.63) is 30.3 Å². The standard InChI is InChI=1S/C6H5Cl2OP/c7-10(8)9-6-4-2-1-3-5-6/h1-5H. The molecule has 0 aliphatic carbocycles. The molecule has 0 unspecified atom stereocenters. The molecule has 0 saturated heterocycles. The highest BCUT2D eigenvalue weighted by Crippen LogP contribution is 2.47. The molecule has 1 aromatic rings. The maximum Gasteiger partial charge on any atom is 0.284 e. The van der Waals surface area contributed by atoms with Crippen LogP contribution in [0.25, 0.3) is 0 Å². The molecule has 0 bridgehead atoms. The average molecular weight is 195 g/mol. The summed E-state index contributed by atoms with van der Waals surface area (Å²) < 4.78 is 5.01. The first kappa shape index (κ1) is 8.13. The summed E-state index contributed by atoms with van der Waals surface area (Å²) in [7, 11) is 0. The second kappa shape index (κ2) is 4.02. The zero-order valence-electron chi connectivity index (χ0n) is 5.00. The summed E-state index contributed by atoms with van der Waals surface area (Å²) in [4.78, 5) is 0. The van der Waals surface area contributed by atoms with Crippen LogP contribution in [0.2, 0.25) is 0 Å². The summed E-state index contributed by atoms with van der Waals surface area (Å²) in [6.07, 6.45) is 0. The Kier molecular flexibility index (Phi) is 3.27. The van der Waals surface area contributed by atoms with E-state index in [0.29, 0.717) is 5.75 Å². The average Bonchev–Trinajstić information content (AvgIpc) is 1.88. The molecule has 10 heavy (non-hydrogen) atoms. The number of para-hydroxylation sites is 1. The molecule has 0 amide bonds. The maximum absolute atomic E-state index is 5.42. The highest BCUT2D eigenvalue weighted by Gasteiger charge is 1.99. The summed E-state index contributed by atoms with van der Waals surface area (Å²) in [5.74, 6) is 0.707. The molecule has 0 aliphatic rings. The van der Waals surface area contributed by atoms with Gasteiger partial charge in [-0.05, 0) is 34.6 Å². The van der Waals surface area contributed by atoms with Gasteiger partial charge >= 0.3 is 0 Å². The Morgan fingerprint density at radius 3 is 2.20 bits per heavy atom. The van der Waals surface area contributed by atoms with E-state index in [9.17, 15) is 0 Å². The van der Waals surface area contributed by atoms with E-state index in [-0.39, 0.29) is 0 Å². The van der Waals surface area contributed by atoms with Gasteiger partial charge in [-0.1, -0.05) is 18.2 Å². The fraction of sp³-hybridized carbons (Fsp3) is 0. The maximum atomic E-state index is 5.42. The molecule has 1 rings (SSSR count). The van der Waals surface area contributed by atoms with E-state index in [1.165, 1.54) is 0 Å². The van der Waals surface area contributed by atoms with Crippen molar-refractivity contribution in [1.29, 1.82) is 0 Å². The van der Waals surface area contributed by atoms with Gasteiger partial charge < -0.3 is 4.52 Å². The Bertz CT molecular complexity index is 190. The van der Waals surface area contributed by atoms with E-state index in [2.05, 4.69) is 0 Å². The van der Waals surface area contributed by atoms with E-state index in [1.54, 1.807) is 12.1 Å². The van der Waals surface area contributed by atoms with Gasteiger partial charge in [0.15, 0.2) is 0 Å². The molecule has 54 valence electrons. The monoisotopic (exact) mass is 194 g/mol. The molecule has 0 atom stereocenters. The third-order valence-electron chi connectivity index (χ3n) is 0.918. The van der Waals surface area contributed by atoms with Gasteiger partial charge in [0.1, 0.15) is 5.75 Å². The highest BCUT2D eigenvalue weighted by atomic mass is 35.9. The van der Waals surface area contributed by atoms with Crippen molar-refractivity contribution < 1.29 is 4.52 Å². The van der Waals surface area contributed by atoms with Crippen molar-refractivity contribution in [2.24, 2.45) is 0 Å². The minimum absolute atomic E-state index is 0.707. The van der Waals surface area contributed by atoms with E-state index < -0.39 is 6.85 Å². The van der Waals surface area contributed by atoms with Crippen LogP contribution in [0.15, 0.2) is 30.3 Å².